The van der Waals surface area contributed by atoms with Gasteiger partial charge in [0.1, 0.15) is 0 Å². The number of nitrogens with zero attached hydrogens (tertiary/aromatic N) is 3. The highest BCUT2D eigenvalue weighted by Crippen LogP contribution is 2.12. The van der Waals surface area contributed by atoms with Crippen LogP contribution in [0.25, 0.3) is 0 Å². The number of hydrogen-bond acceptors (Lipinski definition) is 6. The average Bonchev–Trinajstić information content (AvgIpc) is 2.02. The second kappa shape index (κ2) is 3.96. The Labute approximate surface area is 72.4 Å². The Morgan fingerprint density at radius 3 is 1.62 bits per heavy atom. The third kappa shape index (κ3) is 2.23. The summed E-state index contributed by atoms with van der Waals surface area (Å²) in [6.45, 7) is 0.975. The van der Waals surface area contributed by atoms with Gasteiger partial charge in [-0.15, -0.1) is 0 Å². The summed E-state index contributed by atoms with van der Waals surface area (Å²) in [4.78, 5) is 20.3. The summed E-state index contributed by atoms with van der Waals surface area (Å²) >= 11 is 0. The summed E-state index contributed by atoms with van der Waals surface area (Å²) in [7, 11) is 0. The van der Waals surface area contributed by atoms with Gasteiger partial charge < -0.3 is 10.2 Å². The van der Waals surface area contributed by atoms with Gasteiger partial charge in [0.25, 0.3) is 0 Å². The van der Waals surface area contributed by atoms with Crippen molar-refractivity contribution in [1.29, 1.82) is 0 Å². The topological polar surface area (TPSA) is 130 Å². The third-order valence-corrected chi connectivity index (χ3v) is 1.32. The fraction of sp³-hybridized carbons (Fsp3) is 0.750. The molecule has 0 aromatic carbocycles. The van der Waals surface area contributed by atoms with Crippen LogP contribution in [0.1, 0.15) is 0 Å². The summed E-state index contributed by atoms with van der Waals surface area (Å²) in [5.74, 6) is 0. The van der Waals surface area contributed by atoms with Gasteiger partial charge in [-0.1, -0.05) is 0 Å². The van der Waals surface area contributed by atoms with Gasteiger partial charge in [-0.2, -0.15) is 0 Å². The van der Waals surface area contributed by atoms with Crippen LogP contribution in [-0.2, 0) is 0 Å². The Balaban J connectivity index is 4.91. The molecule has 0 bridgehead atoms. The summed E-state index contributed by atoms with van der Waals surface area (Å²) in [6.07, 6.45) is 0. The minimum Gasteiger partial charge on any atom is -0.393 e. The number of aliphatic hydroxyl groups is 2. The molecule has 0 aliphatic carbocycles. The molecule has 0 rings (SSSR count). The van der Waals surface area contributed by atoms with Gasteiger partial charge in [0, 0.05) is 0 Å². The molecule has 0 fully saturated rings. The first-order chi connectivity index (χ1) is 5.89. The van der Waals surface area contributed by atoms with E-state index >= 15 is 0 Å². The number of aliphatic hydroxyl groups excluding tert-OH is 2. The quantitative estimate of drug-likeness (QED) is 0.391. The lowest BCUT2D eigenvalue weighted by Crippen LogP contribution is -2.57. The van der Waals surface area contributed by atoms with Crippen molar-refractivity contribution in [2.24, 2.45) is 0 Å². The SMILES string of the molecule is [CH2]C(CO)(CO)N([N+](=O)[O-])[N+](=O)[O-]. The van der Waals surface area contributed by atoms with E-state index in [0.29, 0.717) is 0 Å². The molecule has 0 aromatic heterocycles. The molecule has 9 heteroatoms. The molecule has 13 heavy (non-hydrogen) atoms. The summed E-state index contributed by atoms with van der Waals surface area (Å²) in [6, 6.07) is 0. The third-order valence-electron chi connectivity index (χ3n) is 1.32. The Bertz CT molecular complexity index is 200. The van der Waals surface area contributed by atoms with E-state index in [1.54, 1.807) is 0 Å². The smallest absolute Gasteiger partial charge is 0.223 e. The summed E-state index contributed by atoms with van der Waals surface area (Å²) < 4.78 is 0. The zero-order valence-electron chi connectivity index (χ0n) is 6.49. The summed E-state index contributed by atoms with van der Waals surface area (Å²) in [5, 5.41) is 34.2. The first kappa shape index (κ1) is 11.5. The maximum Gasteiger partial charge on any atom is 0.223 e. The highest BCUT2D eigenvalue weighted by atomic mass is 16.8. The molecule has 1 radical (unpaired) electrons. The largest absolute Gasteiger partial charge is 0.393 e. The first-order valence-electron chi connectivity index (χ1n) is 3.05. The predicted octanol–water partition coefficient (Wildman–Crippen LogP) is -1.77. The van der Waals surface area contributed by atoms with Crippen molar-refractivity contribution < 1.29 is 20.3 Å². The number of rotatable bonds is 5. The van der Waals surface area contributed by atoms with Crippen LogP contribution in [0, 0.1) is 27.2 Å². The van der Waals surface area contributed by atoms with Gasteiger partial charge in [-0.05, 0) is 6.92 Å². The molecule has 0 unspecified atom stereocenters. The second-order valence-electron chi connectivity index (χ2n) is 2.31. The molecular weight excluding hydrogens is 186 g/mol. The Morgan fingerprint density at radius 1 is 1.23 bits per heavy atom. The predicted molar refractivity (Wildman–Crippen MR) is 38.1 cm³/mol. The van der Waals surface area contributed by atoms with E-state index in [1.807, 2.05) is 0 Å². The van der Waals surface area contributed by atoms with Gasteiger partial charge in [-0.3, -0.25) is 0 Å². The standard InChI is InChI=1S/C4H8N3O6/c1-4(2-8,3-9)5(6(10)11)7(12)13/h8-9H,1-3H2. The van der Waals surface area contributed by atoms with E-state index in [-0.39, 0.29) is 0 Å². The number of hydrazine groups is 2. The highest BCUT2D eigenvalue weighted by molar-refractivity contribution is 4.85. The average molecular weight is 194 g/mol. The van der Waals surface area contributed by atoms with Crippen LogP contribution < -0.4 is 0 Å². The molecule has 75 valence electrons. The van der Waals surface area contributed by atoms with Gasteiger partial charge in [0.2, 0.25) is 15.6 Å². The molecule has 0 saturated heterocycles. The fourth-order valence-corrected chi connectivity index (χ4v) is 0.583. The van der Waals surface area contributed by atoms with Crippen LogP contribution >= 0.6 is 0 Å². The molecule has 0 heterocycles. The van der Waals surface area contributed by atoms with Gasteiger partial charge >= 0.3 is 0 Å². The Morgan fingerprint density at radius 2 is 1.54 bits per heavy atom. The molecular formula is C4H8N3O6. The van der Waals surface area contributed by atoms with Crippen LogP contribution in [0.2, 0.25) is 0 Å². The zero-order valence-corrected chi connectivity index (χ0v) is 6.49. The van der Waals surface area contributed by atoms with Crippen molar-refractivity contribution in [3.8, 4) is 0 Å². The van der Waals surface area contributed by atoms with Crippen molar-refractivity contribution >= 4 is 0 Å². The molecule has 0 spiro atoms. The monoisotopic (exact) mass is 194 g/mol. The molecule has 0 aliphatic heterocycles. The number of nitro groups is 2. The van der Waals surface area contributed by atoms with Crippen LogP contribution in [0.3, 0.4) is 0 Å². The minimum atomic E-state index is -2.16. The minimum absolute atomic E-state index is 0.535. The lowest BCUT2D eigenvalue weighted by molar-refractivity contribution is -0.922. The van der Waals surface area contributed by atoms with Crippen molar-refractivity contribution in [2.45, 2.75) is 5.54 Å². The normalized spacial score (nSPS) is 11.0. The van der Waals surface area contributed by atoms with Crippen molar-refractivity contribution in [3.05, 3.63) is 27.2 Å². The van der Waals surface area contributed by atoms with E-state index in [0.717, 1.165) is 0 Å². The van der Waals surface area contributed by atoms with Crippen LogP contribution in [0.5, 0.6) is 0 Å². The van der Waals surface area contributed by atoms with E-state index in [1.165, 1.54) is 0 Å². The molecule has 2 N–H and O–H groups in total. The maximum atomic E-state index is 10.1. The summed E-state index contributed by atoms with van der Waals surface area (Å²) in [5.41, 5.74) is -2.16. The van der Waals surface area contributed by atoms with Crippen molar-refractivity contribution in [2.75, 3.05) is 13.2 Å². The van der Waals surface area contributed by atoms with E-state index in [4.69, 9.17) is 10.2 Å². The van der Waals surface area contributed by atoms with E-state index in [2.05, 4.69) is 6.92 Å². The van der Waals surface area contributed by atoms with Crippen molar-refractivity contribution in [1.82, 2.24) is 5.12 Å². The molecule has 0 aliphatic rings. The fourth-order valence-electron chi connectivity index (χ4n) is 0.583. The second-order valence-corrected chi connectivity index (χ2v) is 2.31. The van der Waals surface area contributed by atoms with Crippen molar-refractivity contribution in [3.63, 3.8) is 0 Å². The molecule has 0 saturated carbocycles. The van der Waals surface area contributed by atoms with E-state index < -0.39 is 33.9 Å². The molecule has 0 atom stereocenters. The Hall–Kier alpha value is -1.48. The van der Waals surface area contributed by atoms with Crippen LogP contribution in [0.4, 0.5) is 0 Å². The molecule has 0 amide bonds. The lowest BCUT2D eigenvalue weighted by Gasteiger charge is -2.21. The highest BCUT2D eigenvalue weighted by Gasteiger charge is 2.48. The number of hydrogen-bond donors (Lipinski definition) is 2. The molecule has 9 nitrogen and oxygen atoms in total. The van der Waals surface area contributed by atoms with Gasteiger partial charge in [0.15, 0.2) is 5.12 Å². The lowest BCUT2D eigenvalue weighted by atomic mass is 10.1. The Kier molecular flexibility index (Phi) is 3.51. The zero-order chi connectivity index (χ0) is 10.6. The van der Waals surface area contributed by atoms with Gasteiger partial charge in [-0.25, -0.2) is 20.2 Å². The van der Waals surface area contributed by atoms with Gasteiger partial charge in [0.05, 0.1) is 13.2 Å². The van der Waals surface area contributed by atoms with E-state index in [9.17, 15) is 20.2 Å². The first-order valence-corrected chi connectivity index (χ1v) is 3.05. The van der Waals surface area contributed by atoms with Crippen LogP contribution in [0.15, 0.2) is 0 Å². The van der Waals surface area contributed by atoms with Crippen LogP contribution in [-0.4, -0.2) is 44.1 Å². The maximum absolute atomic E-state index is 10.1. The molecule has 0 aromatic rings.